The average Bonchev–Trinajstić information content (AvgIpc) is 2.68. The highest BCUT2D eigenvalue weighted by Crippen LogP contribution is 2.29. The van der Waals surface area contributed by atoms with E-state index in [2.05, 4.69) is 5.32 Å². The second-order valence-corrected chi connectivity index (χ2v) is 10.8. The van der Waals surface area contributed by atoms with Crippen LogP contribution in [0.3, 0.4) is 0 Å². The number of nitrogens with one attached hydrogen (secondary N) is 1. The van der Waals surface area contributed by atoms with Gasteiger partial charge in [-0.2, -0.15) is 4.31 Å². The zero-order chi connectivity index (χ0) is 22.5. The second-order valence-electron chi connectivity index (χ2n) is 6.67. The average molecular weight is 455 g/mol. The quantitative estimate of drug-likeness (QED) is 0.623. The first kappa shape index (κ1) is 23.8. The topological polar surface area (TPSA) is 110 Å². The molecular formula is C20H26N2O6S2. The molecule has 1 amide bonds. The molecule has 2 aromatic rings. The van der Waals surface area contributed by atoms with Crippen LogP contribution in [0.4, 0.5) is 5.69 Å². The van der Waals surface area contributed by atoms with Gasteiger partial charge in [0.05, 0.1) is 23.4 Å². The molecule has 0 aliphatic heterocycles. The number of hydrogen-bond donors (Lipinski definition) is 1. The van der Waals surface area contributed by atoms with Crippen LogP contribution in [0.25, 0.3) is 0 Å². The summed E-state index contributed by atoms with van der Waals surface area (Å²) in [5.74, 6) is -0.277. The van der Waals surface area contributed by atoms with E-state index in [0.717, 1.165) is 6.26 Å². The maximum Gasteiger partial charge on any atom is 0.255 e. The predicted molar refractivity (Wildman–Crippen MR) is 116 cm³/mol. The third-order valence-electron chi connectivity index (χ3n) is 4.41. The van der Waals surface area contributed by atoms with Gasteiger partial charge in [0.2, 0.25) is 10.0 Å². The van der Waals surface area contributed by atoms with Crippen LogP contribution < -0.4 is 10.1 Å². The van der Waals surface area contributed by atoms with Crippen molar-refractivity contribution < 1.29 is 26.4 Å². The molecule has 0 aliphatic carbocycles. The number of amides is 1. The van der Waals surface area contributed by atoms with E-state index in [1.807, 2.05) is 0 Å². The molecular weight excluding hydrogens is 428 g/mol. The van der Waals surface area contributed by atoms with Crippen molar-refractivity contribution in [2.45, 2.75) is 24.5 Å². The van der Waals surface area contributed by atoms with E-state index in [4.69, 9.17) is 4.74 Å². The molecule has 0 aliphatic rings. The van der Waals surface area contributed by atoms with E-state index in [0.29, 0.717) is 30.0 Å². The highest BCUT2D eigenvalue weighted by Gasteiger charge is 2.23. The van der Waals surface area contributed by atoms with Gasteiger partial charge in [-0.3, -0.25) is 4.79 Å². The second kappa shape index (κ2) is 9.59. The Morgan fingerprint density at radius 2 is 1.60 bits per heavy atom. The summed E-state index contributed by atoms with van der Waals surface area (Å²) < 4.78 is 54.9. The van der Waals surface area contributed by atoms with Crippen LogP contribution in [0, 0.1) is 0 Å². The Hall–Kier alpha value is -2.43. The zero-order valence-corrected chi connectivity index (χ0v) is 19.0. The van der Waals surface area contributed by atoms with Crippen molar-refractivity contribution in [3.8, 4) is 5.75 Å². The summed E-state index contributed by atoms with van der Waals surface area (Å²) in [6.07, 6.45) is 1.14. The summed E-state index contributed by atoms with van der Waals surface area (Å²) in [7, 11) is -5.46. The van der Waals surface area contributed by atoms with E-state index in [1.54, 1.807) is 26.0 Å². The van der Waals surface area contributed by atoms with Gasteiger partial charge in [-0.1, -0.05) is 26.0 Å². The van der Waals surface area contributed by atoms with Crippen molar-refractivity contribution in [1.82, 2.24) is 4.31 Å². The number of methoxy groups -OCH3 is 1. The van der Waals surface area contributed by atoms with Crippen LogP contribution in [0.2, 0.25) is 0 Å². The van der Waals surface area contributed by atoms with Crippen LogP contribution >= 0.6 is 0 Å². The van der Waals surface area contributed by atoms with Gasteiger partial charge < -0.3 is 10.1 Å². The van der Waals surface area contributed by atoms with Crippen molar-refractivity contribution >= 4 is 31.5 Å². The van der Waals surface area contributed by atoms with Crippen molar-refractivity contribution in [3.05, 3.63) is 53.6 Å². The number of nitrogens with zero attached hydrogens (tertiary/aromatic N) is 1. The molecule has 0 unspecified atom stereocenters. The lowest BCUT2D eigenvalue weighted by Gasteiger charge is -2.19. The van der Waals surface area contributed by atoms with Gasteiger partial charge in [-0.05, 0) is 35.9 Å². The highest BCUT2D eigenvalue weighted by atomic mass is 32.2. The van der Waals surface area contributed by atoms with Crippen LogP contribution in [-0.4, -0.2) is 53.5 Å². The van der Waals surface area contributed by atoms with E-state index in [9.17, 15) is 21.6 Å². The fourth-order valence-electron chi connectivity index (χ4n) is 2.91. The van der Waals surface area contributed by atoms with Crippen LogP contribution in [0.15, 0.2) is 47.4 Å². The van der Waals surface area contributed by atoms with E-state index >= 15 is 0 Å². The maximum atomic E-state index is 12.8. The van der Waals surface area contributed by atoms with Gasteiger partial charge in [0.15, 0.2) is 9.84 Å². The Morgan fingerprint density at radius 3 is 2.10 bits per heavy atom. The molecule has 164 valence electrons. The smallest absolute Gasteiger partial charge is 0.255 e. The SMILES string of the molecule is CCN(CC)S(=O)(=O)c1ccc(OC)c(NC(=O)c2ccc(CS(C)(=O)=O)cc2)c1. The van der Waals surface area contributed by atoms with Gasteiger partial charge in [0.25, 0.3) is 5.91 Å². The molecule has 0 saturated carbocycles. The molecule has 0 heterocycles. The third-order valence-corrected chi connectivity index (χ3v) is 7.31. The summed E-state index contributed by atoms with van der Waals surface area (Å²) in [5.41, 5.74) is 1.08. The van der Waals surface area contributed by atoms with Gasteiger partial charge in [0.1, 0.15) is 5.75 Å². The monoisotopic (exact) mass is 454 g/mol. The van der Waals surface area contributed by atoms with Gasteiger partial charge in [-0.15, -0.1) is 0 Å². The molecule has 0 radical (unpaired) electrons. The Balaban J connectivity index is 2.32. The fourth-order valence-corrected chi connectivity index (χ4v) is 5.19. The number of ether oxygens (including phenoxy) is 1. The van der Waals surface area contributed by atoms with Gasteiger partial charge in [-0.25, -0.2) is 16.8 Å². The number of carbonyl (C=O) groups is 1. The first-order valence-electron chi connectivity index (χ1n) is 9.28. The Bertz CT molecular complexity index is 1110. The Kier molecular flexibility index (Phi) is 7.62. The summed E-state index contributed by atoms with van der Waals surface area (Å²) in [4.78, 5) is 12.7. The summed E-state index contributed by atoms with van der Waals surface area (Å²) >= 11 is 0. The molecule has 0 aromatic heterocycles. The lowest BCUT2D eigenvalue weighted by molar-refractivity contribution is 0.102. The van der Waals surface area contributed by atoms with E-state index in [-0.39, 0.29) is 16.3 Å². The Labute approximate surface area is 177 Å². The minimum Gasteiger partial charge on any atom is -0.495 e. The minimum atomic E-state index is -3.70. The first-order valence-corrected chi connectivity index (χ1v) is 12.8. The van der Waals surface area contributed by atoms with Crippen molar-refractivity contribution in [2.24, 2.45) is 0 Å². The lowest BCUT2D eigenvalue weighted by atomic mass is 10.1. The molecule has 1 N–H and O–H groups in total. The first-order chi connectivity index (χ1) is 14.0. The highest BCUT2D eigenvalue weighted by molar-refractivity contribution is 7.90. The number of carbonyl (C=O) groups excluding carboxylic acids is 1. The molecule has 0 fully saturated rings. The molecule has 2 rings (SSSR count). The molecule has 30 heavy (non-hydrogen) atoms. The molecule has 2 aromatic carbocycles. The molecule has 0 bridgehead atoms. The number of hydrogen-bond acceptors (Lipinski definition) is 6. The minimum absolute atomic E-state index is 0.0470. The molecule has 0 atom stereocenters. The molecule has 8 nitrogen and oxygen atoms in total. The van der Waals surface area contributed by atoms with Gasteiger partial charge >= 0.3 is 0 Å². The van der Waals surface area contributed by atoms with Crippen molar-refractivity contribution in [2.75, 3.05) is 31.8 Å². The Morgan fingerprint density at radius 1 is 1.00 bits per heavy atom. The lowest BCUT2D eigenvalue weighted by Crippen LogP contribution is -2.30. The number of sulfone groups is 1. The van der Waals surface area contributed by atoms with E-state index < -0.39 is 25.8 Å². The predicted octanol–water partition coefficient (Wildman–Crippen LogP) is 2.52. The number of rotatable bonds is 9. The van der Waals surface area contributed by atoms with Crippen molar-refractivity contribution in [1.29, 1.82) is 0 Å². The van der Waals surface area contributed by atoms with Crippen LogP contribution in [-0.2, 0) is 25.6 Å². The maximum absolute atomic E-state index is 12.8. The summed E-state index contributed by atoms with van der Waals surface area (Å²) in [6.45, 7) is 4.15. The normalized spacial score (nSPS) is 12.0. The summed E-state index contributed by atoms with van der Waals surface area (Å²) in [6, 6.07) is 10.4. The molecule has 0 spiro atoms. The number of sulfonamides is 1. The third kappa shape index (κ3) is 5.80. The molecule has 10 heteroatoms. The zero-order valence-electron chi connectivity index (χ0n) is 17.4. The van der Waals surface area contributed by atoms with E-state index in [1.165, 1.54) is 41.7 Å². The van der Waals surface area contributed by atoms with Crippen LogP contribution in [0.5, 0.6) is 5.75 Å². The van der Waals surface area contributed by atoms with Crippen molar-refractivity contribution in [3.63, 3.8) is 0 Å². The largest absolute Gasteiger partial charge is 0.495 e. The van der Waals surface area contributed by atoms with Gasteiger partial charge in [0, 0.05) is 24.9 Å². The fraction of sp³-hybridized carbons (Fsp3) is 0.350. The summed E-state index contributed by atoms with van der Waals surface area (Å²) in [5, 5.41) is 2.67. The standard InChI is InChI=1S/C20H26N2O6S2/c1-5-22(6-2)30(26,27)17-11-12-19(28-3)18(13-17)21-20(23)16-9-7-15(8-10-16)14-29(4,24)25/h7-13H,5-6,14H2,1-4H3,(H,21,23). The number of benzene rings is 2. The number of anilines is 1. The molecule has 0 saturated heterocycles. The van der Waals surface area contributed by atoms with Crippen LogP contribution in [0.1, 0.15) is 29.8 Å².